The van der Waals surface area contributed by atoms with Crippen LogP contribution >= 0.6 is 0 Å². The Kier molecular flexibility index (Phi) is 4.89. The average Bonchev–Trinajstić information content (AvgIpc) is 3.12. The van der Waals surface area contributed by atoms with E-state index in [-0.39, 0.29) is 6.10 Å². The summed E-state index contributed by atoms with van der Waals surface area (Å²) in [5.74, 6) is 1.76. The lowest BCUT2D eigenvalue weighted by Gasteiger charge is -2.30. The van der Waals surface area contributed by atoms with E-state index in [0.29, 0.717) is 29.1 Å². The van der Waals surface area contributed by atoms with Crippen LogP contribution in [0.2, 0.25) is 0 Å². The molecule has 8 nitrogen and oxygen atoms in total. The average molecular weight is 368 g/mol. The van der Waals surface area contributed by atoms with Crippen molar-refractivity contribution in [2.75, 3.05) is 12.4 Å². The third kappa shape index (κ3) is 3.71. The maximum absolute atomic E-state index is 9.75. The van der Waals surface area contributed by atoms with E-state index in [2.05, 4.69) is 25.6 Å². The molecule has 2 N–H and O–H groups in total. The third-order valence-electron chi connectivity index (χ3n) is 5.30. The van der Waals surface area contributed by atoms with E-state index in [1.54, 1.807) is 18.0 Å². The largest absolute Gasteiger partial charge is 0.497 e. The van der Waals surface area contributed by atoms with E-state index in [1.165, 1.54) is 0 Å². The van der Waals surface area contributed by atoms with Gasteiger partial charge in [0.2, 0.25) is 5.95 Å². The Bertz CT molecular complexity index is 900. The number of ether oxygens (including phenoxy) is 1. The highest BCUT2D eigenvalue weighted by molar-refractivity contribution is 5.72. The Hall–Kier alpha value is -2.74. The second-order valence-electron chi connectivity index (χ2n) is 7.10. The minimum atomic E-state index is -0.233. The number of aliphatic hydroxyl groups excluding tert-OH is 1. The van der Waals surface area contributed by atoms with Gasteiger partial charge in [-0.05, 0) is 62.8 Å². The summed E-state index contributed by atoms with van der Waals surface area (Å²) in [6.45, 7) is 1.88. The van der Waals surface area contributed by atoms with Gasteiger partial charge in [-0.25, -0.2) is 4.98 Å². The number of rotatable bonds is 5. The Morgan fingerprint density at radius 3 is 2.59 bits per heavy atom. The molecule has 0 radical (unpaired) electrons. The topological polar surface area (TPSA) is 98.0 Å². The Balaban J connectivity index is 1.53. The smallest absolute Gasteiger partial charge is 0.225 e. The molecular formula is C19H24N6O2. The van der Waals surface area contributed by atoms with Crippen LogP contribution in [0, 0.1) is 5.92 Å². The number of hydrogen-bond acceptors (Lipinski definition) is 7. The zero-order chi connectivity index (χ0) is 18.8. The van der Waals surface area contributed by atoms with Crippen molar-refractivity contribution in [3.8, 4) is 11.4 Å². The molecule has 27 heavy (non-hydrogen) atoms. The van der Waals surface area contributed by atoms with Crippen LogP contribution in [-0.4, -0.2) is 49.3 Å². The maximum atomic E-state index is 9.75. The van der Waals surface area contributed by atoms with Crippen LogP contribution in [0.4, 0.5) is 5.95 Å². The molecule has 2 heterocycles. The van der Waals surface area contributed by atoms with Crippen molar-refractivity contribution in [2.24, 2.45) is 5.92 Å². The number of anilines is 1. The van der Waals surface area contributed by atoms with Gasteiger partial charge in [0, 0.05) is 6.04 Å². The van der Waals surface area contributed by atoms with Crippen molar-refractivity contribution in [1.82, 2.24) is 25.0 Å². The van der Waals surface area contributed by atoms with Gasteiger partial charge in [0.05, 0.1) is 25.1 Å². The molecule has 2 aromatic heterocycles. The van der Waals surface area contributed by atoms with Crippen LogP contribution < -0.4 is 10.1 Å². The molecule has 1 aromatic carbocycles. The quantitative estimate of drug-likeness (QED) is 0.714. The van der Waals surface area contributed by atoms with Crippen molar-refractivity contribution in [1.29, 1.82) is 0 Å². The van der Waals surface area contributed by atoms with Gasteiger partial charge < -0.3 is 15.2 Å². The summed E-state index contributed by atoms with van der Waals surface area (Å²) in [6.07, 6.45) is 5.51. The SMILES string of the molecule is COc1ccc(-n2nnc3cnc(NC4CCC(C(C)O)CC4)nc32)cc1. The predicted octanol–water partition coefficient (Wildman–Crippen LogP) is 2.57. The van der Waals surface area contributed by atoms with E-state index in [9.17, 15) is 5.11 Å². The second kappa shape index (κ2) is 7.48. The molecule has 1 unspecified atom stereocenters. The summed E-state index contributed by atoms with van der Waals surface area (Å²) >= 11 is 0. The van der Waals surface area contributed by atoms with Crippen molar-refractivity contribution in [2.45, 2.75) is 44.8 Å². The molecule has 1 aliphatic rings. The monoisotopic (exact) mass is 368 g/mol. The minimum Gasteiger partial charge on any atom is -0.497 e. The van der Waals surface area contributed by atoms with Crippen molar-refractivity contribution >= 4 is 17.1 Å². The number of hydrogen-bond donors (Lipinski definition) is 2. The van der Waals surface area contributed by atoms with Gasteiger partial charge >= 0.3 is 0 Å². The highest BCUT2D eigenvalue weighted by Gasteiger charge is 2.24. The molecule has 8 heteroatoms. The summed E-state index contributed by atoms with van der Waals surface area (Å²) < 4.78 is 6.90. The zero-order valence-corrected chi connectivity index (χ0v) is 15.5. The first-order chi connectivity index (χ1) is 13.1. The van der Waals surface area contributed by atoms with Crippen LogP contribution in [0.15, 0.2) is 30.5 Å². The summed E-state index contributed by atoms with van der Waals surface area (Å²) in [6, 6.07) is 7.91. The van der Waals surface area contributed by atoms with Crippen molar-refractivity contribution in [3.63, 3.8) is 0 Å². The minimum absolute atomic E-state index is 0.233. The summed E-state index contributed by atoms with van der Waals surface area (Å²) in [7, 11) is 1.64. The molecule has 0 amide bonds. The number of nitrogens with zero attached hydrogens (tertiary/aromatic N) is 5. The van der Waals surface area contributed by atoms with E-state index < -0.39 is 0 Å². The van der Waals surface area contributed by atoms with E-state index in [1.807, 2.05) is 31.2 Å². The fourth-order valence-corrected chi connectivity index (χ4v) is 3.62. The van der Waals surface area contributed by atoms with Crippen molar-refractivity contribution in [3.05, 3.63) is 30.5 Å². The van der Waals surface area contributed by atoms with Crippen LogP contribution in [-0.2, 0) is 0 Å². The fraction of sp³-hybridized carbons (Fsp3) is 0.474. The Morgan fingerprint density at radius 1 is 1.19 bits per heavy atom. The second-order valence-corrected chi connectivity index (χ2v) is 7.10. The van der Waals surface area contributed by atoms with Crippen LogP contribution in [0.25, 0.3) is 16.9 Å². The third-order valence-corrected chi connectivity index (χ3v) is 5.30. The van der Waals surface area contributed by atoms with Gasteiger partial charge in [0.25, 0.3) is 0 Å². The van der Waals surface area contributed by atoms with E-state index >= 15 is 0 Å². The number of aromatic nitrogens is 5. The molecular weight excluding hydrogens is 344 g/mol. The van der Waals surface area contributed by atoms with Gasteiger partial charge in [-0.3, -0.25) is 0 Å². The normalized spacial score (nSPS) is 21.1. The first-order valence-corrected chi connectivity index (χ1v) is 9.31. The Labute approximate surface area is 157 Å². The number of aliphatic hydroxyl groups is 1. The highest BCUT2D eigenvalue weighted by atomic mass is 16.5. The maximum Gasteiger partial charge on any atom is 0.225 e. The fourth-order valence-electron chi connectivity index (χ4n) is 3.62. The number of methoxy groups -OCH3 is 1. The van der Waals surface area contributed by atoms with Crippen molar-refractivity contribution < 1.29 is 9.84 Å². The van der Waals surface area contributed by atoms with Gasteiger partial charge in [-0.1, -0.05) is 5.21 Å². The number of nitrogens with one attached hydrogen (secondary N) is 1. The molecule has 4 rings (SSSR count). The molecule has 1 saturated carbocycles. The molecule has 3 aromatic rings. The number of fused-ring (bicyclic) bond motifs is 1. The van der Waals surface area contributed by atoms with E-state index in [0.717, 1.165) is 37.1 Å². The lowest BCUT2D eigenvalue weighted by Crippen LogP contribution is -2.30. The van der Waals surface area contributed by atoms with Crippen LogP contribution in [0.1, 0.15) is 32.6 Å². The molecule has 0 saturated heterocycles. The molecule has 142 valence electrons. The molecule has 0 aliphatic heterocycles. The van der Waals surface area contributed by atoms with Gasteiger partial charge in [0.15, 0.2) is 11.2 Å². The lowest BCUT2D eigenvalue weighted by molar-refractivity contribution is 0.0986. The lowest BCUT2D eigenvalue weighted by atomic mass is 9.83. The predicted molar refractivity (Wildman–Crippen MR) is 102 cm³/mol. The van der Waals surface area contributed by atoms with Gasteiger partial charge in [-0.15, -0.1) is 5.10 Å². The Morgan fingerprint density at radius 2 is 1.93 bits per heavy atom. The molecule has 1 atom stereocenters. The van der Waals surface area contributed by atoms with E-state index in [4.69, 9.17) is 4.74 Å². The molecule has 1 fully saturated rings. The van der Waals surface area contributed by atoms with Crippen LogP contribution in [0.5, 0.6) is 5.75 Å². The molecule has 1 aliphatic carbocycles. The van der Waals surface area contributed by atoms with Crippen LogP contribution in [0.3, 0.4) is 0 Å². The molecule has 0 bridgehead atoms. The molecule has 0 spiro atoms. The zero-order valence-electron chi connectivity index (χ0n) is 15.5. The summed E-state index contributed by atoms with van der Waals surface area (Å²) in [4.78, 5) is 9.02. The standard InChI is InChI=1S/C19H24N6O2/c1-12(26)13-3-5-14(6-4-13)21-19-20-11-17-18(22-19)25(24-23-17)15-7-9-16(27-2)10-8-15/h7-14,26H,3-6H2,1-2H3,(H,20,21,22). The first kappa shape index (κ1) is 17.7. The summed E-state index contributed by atoms with van der Waals surface area (Å²) in [5, 5.41) is 21.5. The number of benzene rings is 1. The summed E-state index contributed by atoms with van der Waals surface area (Å²) in [5.41, 5.74) is 2.17. The van der Waals surface area contributed by atoms with Gasteiger partial charge in [0.1, 0.15) is 5.75 Å². The highest BCUT2D eigenvalue weighted by Crippen LogP contribution is 2.28. The van der Waals surface area contributed by atoms with Gasteiger partial charge in [-0.2, -0.15) is 9.67 Å². The first-order valence-electron chi connectivity index (χ1n) is 9.31.